The monoisotopic (exact) mass is 426 g/mol. The van der Waals surface area contributed by atoms with Gasteiger partial charge in [0.2, 0.25) is 4.96 Å². The third-order valence-corrected chi connectivity index (χ3v) is 5.77. The number of nitrogens with zero attached hydrogens (tertiary/aromatic N) is 8. The topological polar surface area (TPSA) is 99.8 Å². The van der Waals surface area contributed by atoms with E-state index in [1.807, 2.05) is 67.6 Å². The van der Waals surface area contributed by atoms with E-state index < -0.39 is 0 Å². The second kappa shape index (κ2) is 6.96. The van der Waals surface area contributed by atoms with E-state index in [1.165, 1.54) is 11.3 Å². The van der Waals surface area contributed by atoms with Gasteiger partial charge < -0.3 is 4.52 Å². The van der Waals surface area contributed by atoms with Gasteiger partial charge in [-0.2, -0.15) is 19.5 Å². The lowest BCUT2D eigenvalue weighted by Crippen LogP contribution is -1.98. The van der Waals surface area contributed by atoms with Gasteiger partial charge in [0.15, 0.2) is 5.82 Å². The van der Waals surface area contributed by atoms with E-state index in [0.29, 0.717) is 33.5 Å². The molecule has 0 saturated carbocycles. The van der Waals surface area contributed by atoms with E-state index in [4.69, 9.17) is 9.62 Å². The summed E-state index contributed by atoms with van der Waals surface area (Å²) in [5, 5.41) is 27.4. The fourth-order valence-electron chi connectivity index (χ4n) is 3.34. The van der Waals surface area contributed by atoms with Crippen LogP contribution in [0.1, 0.15) is 5.76 Å². The van der Waals surface area contributed by atoms with Gasteiger partial charge in [-0.05, 0) is 19.1 Å². The second-order valence-corrected chi connectivity index (χ2v) is 7.76. The van der Waals surface area contributed by atoms with E-state index >= 15 is 0 Å². The molecule has 2 aromatic carbocycles. The normalized spacial score (nSPS) is 11.4. The van der Waals surface area contributed by atoms with Crippen molar-refractivity contribution >= 4 is 16.3 Å². The Balaban J connectivity index is 1.46. The van der Waals surface area contributed by atoms with Crippen LogP contribution < -0.4 is 0 Å². The fourth-order valence-corrected chi connectivity index (χ4v) is 4.18. The van der Waals surface area contributed by atoms with Gasteiger partial charge in [0.05, 0.1) is 17.4 Å². The lowest BCUT2D eigenvalue weighted by molar-refractivity contribution is 0.400. The third-order valence-electron chi connectivity index (χ3n) is 4.82. The van der Waals surface area contributed by atoms with Gasteiger partial charge in [0.1, 0.15) is 22.2 Å². The number of hydrogen-bond donors (Lipinski definition) is 0. The molecule has 10 heteroatoms. The molecule has 0 bridgehead atoms. The molecule has 0 aliphatic carbocycles. The number of para-hydroxylation sites is 1. The van der Waals surface area contributed by atoms with Crippen LogP contribution in [-0.4, -0.2) is 40.0 Å². The van der Waals surface area contributed by atoms with Gasteiger partial charge in [0.25, 0.3) is 0 Å². The highest BCUT2D eigenvalue weighted by atomic mass is 32.1. The van der Waals surface area contributed by atoms with Crippen LogP contribution in [0.3, 0.4) is 0 Å². The summed E-state index contributed by atoms with van der Waals surface area (Å²) in [6.45, 7) is 1.83. The molecule has 0 amide bonds. The van der Waals surface area contributed by atoms with Gasteiger partial charge in [-0.3, -0.25) is 0 Å². The largest absolute Gasteiger partial charge is 0.360 e. The molecule has 4 aromatic heterocycles. The summed E-state index contributed by atoms with van der Waals surface area (Å²) < 4.78 is 7.22. The molecule has 0 N–H and O–H groups in total. The van der Waals surface area contributed by atoms with Crippen LogP contribution in [0.2, 0.25) is 0 Å². The molecule has 0 aliphatic heterocycles. The van der Waals surface area contributed by atoms with Crippen molar-refractivity contribution in [2.45, 2.75) is 6.92 Å². The molecule has 0 fully saturated rings. The molecule has 9 nitrogen and oxygen atoms in total. The summed E-state index contributed by atoms with van der Waals surface area (Å²) in [5.41, 5.74) is 3.69. The zero-order chi connectivity index (χ0) is 20.8. The molecule has 0 radical (unpaired) electrons. The molecule has 6 aromatic rings. The van der Waals surface area contributed by atoms with Crippen molar-refractivity contribution in [1.82, 2.24) is 40.0 Å². The van der Waals surface area contributed by atoms with Crippen LogP contribution in [0, 0.1) is 6.92 Å². The van der Waals surface area contributed by atoms with E-state index in [-0.39, 0.29) is 0 Å². The highest BCUT2D eigenvalue weighted by Crippen LogP contribution is 2.34. The number of benzene rings is 2. The maximum atomic E-state index is 5.50. The van der Waals surface area contributed by atoms with Crippen molar-refractivity contribution in [2.24, 2.45) is 0 Å². The van der Waals surface area contributed by atoms with E-state index in [9.17, 15) is 0 Å². The van der Waals surface area contributed by atoms with Gasteiger partial charge in [0, 0.05) is 5.56 Å². The van der Waals surface area contributed by atoms with Gasteiger partial charge in [-0.1, -0.05) is 65.0 Å². The Morgan fingerprint density at radius 1 is 0.903 bits per heavy atom. The summed E-state index contributed by atoms with van der Waals surface area (Å²) in [6, 6.07) is 19.7. The Labute approximate surface area is 179 Å². The molecule has 4 heterocycles. The number of aryl methyl sites for hydroxylation is 1. The van der Waals surface area contributed by atoms with Crippen LogP contribution >= 0.6 is 11.3 Å². The molecule has 0 unspecified atom stereocenters. The first-order chi connectivity index (χ1) is 15.3. The van der Waals surface area contributed by atoms with Crippen LogP contribution in [0.25, 0.3) is 44.0 Å². The minimum atomic E-state index is 0.545. The Kier molecular flexibility index (Phi) is 3.96. The van der Waals surface area contributed by atoms with Gasteiger partial charge >= 0.3 is 0 Å². The first-order valence-corrected chi connectivity index (χ1v) is 10.3. The standard InChI is InChI=1S/C21H14N8OS/c1-13-17(18(27-30-13)16-12-22-29(25-16)15-10-6-3-7-11-15)19-23-24-21-28(19)26-20(31-21)14-8-4-2-5-9-14/h2-12H,1H3. The molecule has 0 spiro atoms. The molecule has 0 aliphatic rings. The van der Waals surface area contributed by atoms with Crippen LogP contribution in [0.15, 0.2) is 71.4 Å². The smallest absolute Gasteiger partial charge is 0.235 e. The zero-order valence-corrected chi connectivity index (χ0v) is 17.1. The number of hydrogen-bond acceptors (Lipinski definition) is 8. The number of rotatable bonds is 4. The van der Waals surface area contributed by atoms with Crippen LogP contribution in [0.5, 0.6) is 0 Å². The first-order valence-electron chi connectivity index (χ1n) is 9.50. The molecule has 0 saturated heterocycles. The summed E-state index contributed by atoms with van der Waals surface area (Å²) in [7, 11) is 0. The highest BCUT2D eigenvalue weighted by Gasteiger charge is 2.25. The number of fused-ring (bicyclic) bond motifs is 1. The predicted molar refractivity (Wildman–Crippen MR) is 115 cm³/mol. The lowest BCUT2D eigenvalue weighted by atomic mass is 10.1. The summed E-state index contributed by atoms with van der Waals surface area (Å²) >= 11 is 1.47. The highest BCUT2D eigenvalue weighted by molar-refractivity contribution is 7.19. The minimum Gasteiger partial charge on any atom is -0.360 e. The summed E-state index contributed by atoms with van der Waals surface area (Å²) in [6.07, 6.45) is 1.66. The summed E-state index contributed by atoms with van der Waals surface area (Å²) in [5.74, 6) is 1.16. The van der Waals surface area contributed by atoms with Crippen molar-refractivity contribution < 1.29 is 4.52 Å². The first kappa shape index (κ1) is 17.7. The second-order valence-electron chi connectivity index (χ2n) is 6.81. The fraction of sp³-hybridized carbons (Fsp3) is 0.0476. The van der Waals surface area contributed by atoms with Gasteiger partial charge in [-0.25, -0.2) is 0 Å². The molecule has 31 heavy (non-hydrogen) atoms. The Hall–Kier alpha value is -4.18. The quantitative estimate of drug-likeness (QED) is 0.419. The lowest BCUT2D eigenvalue weighted by Gasteiger charge is -1.98. The SMILES string of the molecule is Cc1onc(-c2cnn(-c3ccccc3)n2)c1-c1nnc2sc(-c3ccccc3)nn12. The Morgan fingerprint density at radius 2 is 1.68 bits per heavy atom. The van der Waals surface area contributed by atoms with Crippen molar-refractivity contribution in [1.29, 1.82) is 0 Å². The molecular formula is C21H14N8OS. The summed E-state index contributed by atoms with van der Waals surface area (Å²) in [4.78, 5) is 2.24. The van der Waals surface area contributed by atoms with Crippen molar-refractivity contribution in [3.05, 3.63) is 72.6 Å². The van der Waals surface area contributed by atoms with Crippen molar-refractivity contribution in [3.8, 4) is 39.0 Å². The maximum Gasteiger partial charge on any atom is 0.235 e. The van der Waals surface area contributed by atoms with Crippen LogP contribution in [0.4, 0.5) is 0 Å². The van der Waals surface area contributed by atoms with Crippen LogP contribution in [-0.2, 0) is 0 Å². The van der Waals surface area contributed by atoms with Gasteiger partial charge in [-0.15, -0.1) is 15.3 Å². The third kappa shape index (κ3) is 2.92. The molecular weight excluding hydrogens is 412 g/mol. The molecule has 6 rings (SSSR count). The average Bonchev–Trinajstić information content (AvgIpc) is 3.58. The van der Waals surface area contributed by atoms with E-state index in [2.05, 4.69) is 25.6 Å². The molecule has 0 atom stereocenters. The van der Waals surface area contributed by atoms with E-state index in [1.54, 1.807) is 15.5 Å². The zero-order valence-electron chi connectivity index (χ0n) is 16.2. The van der Waals surface area contributed by atoms with E-state index in [0.717, 1.165) is 16.3 Å². The minimum absolute atomic E-state index is 0.545. The molecule has 150 valence electrons. The number of aromatic nitrogens is 8. The average molecular weight is 426 g/mol. The predicted octanol–water partition coefficient (Wildman–Crippen LogP) is 4.06. The van der Waals surface area contributed by atoms with Crippen molar-refractivity contribution in [3.63, 3.8) is 0 Å². The van der Waals surface area contributed by atoms with Crippen molar-refractivity contribution in [2.75, 3.05) is 0 Å². The Bertz CT molecular complexity index is 1500. The Morgan fingerprint density at radius 3 is 2.48 bits per heavy atom. The maximum absolute atomic E-state index is 5.50.